The van der Waals surface area contributed by atoms with E-state index in [-0.39, 0.29) is 12.0 Å². The van der Waals surface area contributed by atoms with Crippen molar-refractivity contribution in [2.24, 2.45) is 5.92 Å². The maximum atomic E-state index is 12.0. The van der Waals surface area contributed by atoms with Crippen LogP contribution in [-0.2, 0) is 16.0 Å². The molecule has 0 saturated carbocycles. The molecule has 0 spiro atoms. The van der Waals surface area contributed by atoms with Crippen LogP contribution >= 0.6 is 0 Å². The molecule has 0 heterocycles. The van der Waals surface area contributed by atoms with E-state index >= 15 is 0 Å². The summed E-state index contributed by atoms with van der Waals surface area (Å²) in [5.41, 5.74) is 2.14. The molecule has 2 atom stereocenters. The van der Waals surface area contributed by atoms with Crippen molar-refractivity contribution in [3.05, 3.63) is 35.4 Å². The molecular weight excluding hydrogens is 297 g/mol. The second-order valence-corrected chi connectivity index (χ2v) is 5.49. The van der Waals surface area contributed by atoms with Crippen molar-refractivity contribution >= 4 is 11.8 Å². The monoisotopic (exact) mass is 314 g/mol. The summed E-state index contributed by atoms with van der Waals surface area (Å²) in [7, 11) is 0. The number of amides is 2. The van der Waals surface area contributed by atoms with Crippen LogP contribution in [0.2, 0.25) is 0 Å². The van der Waals surface area contributed by atoms with Gasteiger partial charge in [0.05, 0.1) is 6.04 Å². The topological polar surface area (TPSA) is 58.2 Å². The Morgan fingerprint density at radius 2 is 1.91 bits per heavy atom. The molecular formula is C15H17F3N2O2. The lowest BCUT2D eigenvalue weighted by Crippen LogP contribution is -2.38. The fraction of sp³-hybridized carbons (Fsp3) is 0.467. The van der Waals surface area contributed by atoms with Crippen LogP contribution < -0.4 is 10.6 Å². The summed E-state index contributed by atoms with van der Waals surface area (Å²) < 4.78 is 35.9. The lowest BCUT2D eigenvalue weighted by molar-refractivity contribution is -0.141. The van der Waals surface area contributed by atoms with Crippen LogP contribution in [0.1, 0.15) is 30.5 Å². The molecule has 2 rings (SSSR count). The molecule has 7 heteroatoms. The van der Waals surface area contributed by atoms with Gasteiger partial charge in [0.15, 0.2) is 0 Å². The molecule has 4 nitrogen and oxygen atoms in total. The second kappa shape index (κ2) is 6.37. The predicted molar refractivity (Wildman–Crippen MR) is 73.9 cm³/mol. The Kier molecular flexibility index (Phi) is 4.73. The average molecular weight is 314 g/mol. The van der Waals surface area contributed by atoms with Gasteiger partial charge in [0.1, 0.15) is 13.0 Å². The largest absolute Gasteiger partial charge is 0.405 e. The Morgan fingerprint density at radius 3 is 2.59 bits per heavy atom. The first-order chi connectivity index (χ1) is 10.3. The summed E-state index contributed by atoms with van der Waals surface area (Å²) >= 11 is 0. The summed E-state index contributed by atoms with van der Waals surface area (Å²) in [6.07, 6.45) is -4.27. The molecule has 0 bridgehead atoms. The molecule has 0 fully saturated rings. The number of nitrogens with one attached hydrogen (secondary N) is 2. The third-order valence-electron chi connectivity index (χ3n) is 3.62. The number of fused-ring (bicyclic) bond motifs is 1. The standard InChI is InChI=1S/C15H17F3N2O2/c1-9-6-10-4-2-3-5-11(10)14(9)20-13(22)7-12(21)19-8-15(16,17)18/h2-5,9,14H,6-8H2,1H3,(H,19,21)(H,20,22)/t9-,14+/m1/s1. The first-order valence-electron chi connectivity index (χ1n) is 6.97. The van der Waals surface area contributed by atoms with Crippen LogP contribution in [0, 0.1) is 5.92 Å². The molecule has 1 aromatic rings. The highest BCUT2D eigenvalue weighted by atomic mass is 19.4. The number of hydrogen-bond acceptors (Lipinski definition) is 2. The zero-order valence-corrected chi connectivity index (χ0v) is 12.0. The number of alkyl halides is 3. The highest BCUT2D eigenvalue weighted by Gasteiger charge is 2.31. The van der Waals surface area contributed by atoms with Gasteiger partial charge in [-0.2, -0.15) is 13.2 Å². The van der Waals surface area contributed by atoms with Crippen LogP contribution in [0.25, 0.3) is 0 Å². The summed E-state index contributed by atoms with van der Waals surface area (Å²) in [6, 6.07) is 7.47. The first kappa shape index (κ1) is 16.3. The van der Waals surface area contributed by atoms with Crippen molar-refractivity contribution in [2.75, 3.05) is 6.54 Å². The lowest BCUT2D eigenvalue weighted by atomic mass is 10.0. The Bertz CT molecular complexity index is 572. The number of hydrogen-bond donors (Lipinski definition) is 2. The zero-order valence-electron chi connectivity index (χ0n) is 12.0. The van der Waals surface area contributed by atoms with Gasteiger partial charge in [-0.3, -0.25) is 9.59 Å². The highest BCUT2D eigenvalue weighted by Crippen LogP contribution is 2.35. The van der Waals surface area contributed by atoms with Gasteiger partial charge in [0, 0.05) is 0 Å². The van der Waals surface area contributed by atoms with E-state index < -0.39 is 31.0 Å². The molecule has 1 aromatic carbocycles. The van der Waals surface area contributed by atoms with Gasteiger partial charge in [0.2, 0.25) is 11.8 Å². The normalized spacial score (nSPS) is 20.4. The second-order valence-electron chi connectivity index (χ2n) is 5.49. The Hall–Kier alpha value is -2.05. The maximum absolute atomic E-state index is 12.0. The molecule has 2 amide bonds. The van der Waals surface area contributed by atoms with Gasteiger partial charge in [-0.15, -0.1) is 0 Å². The summed E-state index contributed by atoms with van der Waals surface area (Å²) in [5.74, 6) is -1.33. The van der Waals surface area contributed by atoms with E-state index in [1.807, 2.05) is 31.2 Å². The average Bonchev–Trinajstić information content (AvgIpc) is 2.72. The molecule has 1 aliphatic carbocycles. The Morgan fingerprint density at radius 1 is 1.23 bits per heavy atom. The van der Waals surface area contributed by atoms with E-state index in [2.05, 4.69) is 5.32 Å². The van der Waals surface area contributed by atoms with Gasteiger partial charge in [-0.05, 0) is 23.5 Å². The molecule has 22 heavy (non-hydrogen) atoms. The summed E-state index contributed by atoms with van der Waals surface area (Å²) in [5, 5.41) is 4.42. The number of carbonyl (C=O) groups excluding carboxylic acids is 2. The number of rotatable bonds is 4. The molecule has 0 aliphatic heterocycles. The van der Waals surface area contributed by atoms with E-state index in [4.69, 9.17) is 0 Å². The van der Waals surface area contributed by atoms with Gasteiger partial charge >= 0.3 is 6.18 Å². The Balaban J connectivity index is 1.89. The minimum atomic E-state index is -4.48. The van der Waals surface area contributed by atoms with E-state index in [9.17, 15) is 22.8 Å². The predicted octanol–water partition coefficient (Wildman–Crippen LogP) is 2.10. The van der Waals surface area contributed by atoms with Crippen molar-refractivity contribution in [1.82, 2.24) is 10.6 Å². The summed E-state index contributed by atoms with van der Waals surface area (Å²) in [6.45, 7) is 0.552. The quantitative estimate of drug-likeness (QED) is 0.836. The van der Waals surface area contributed by atoms with Gasteiger partial charge in [0.25, 0.3) is 0 Å². The van der Waals surface area contributed by atoms with Gasteiger partial charge in [-0.1, -0.05) is 31.2 Å². The highest BCUT2D eigenvalue weighted by molar-refractivity contribution is 5.97. The van der Waals surface area contributed by atoms with E-state index in [0.717, 1.165) is 17.5 Å². The number of halogens is 3. The minimum Gasteiger partial charge on any atom is -0.349 e. The molecule has 0 saturated heterocycles. The first-order valence-corrected chi connectivity index (χ1v) is 6.97. The van der Waals surface area contributed by atoms with Gasteiger partial charge < -0.3 is 10.6 Å². The molecule has 0 aromatic heterocycles. The molecule has 0 unspecified atom stereocenters. The molecule has 0 radical (unpaired) electrons. The SMILES string of the molecule is C[C@@H]1Cc2ccccc2[C@H]1NC(=O)CC(=O)NCC(F)(F)F. The van der Waals surface area contributed by atoms with Crippen LogP contribution in [0.5, 0.6) is 0 Å². The number of benzene rings is 1. The molecule has 2 N–H and O–H groups in total. The van der Waals surface area contributed by atoms with Gasteiger partial charge in [-0.25, -0.2) is 0 Å². The lowest BCUT2D eigenvalue weighted by Gasteiger charge is -2.18. The Labute approximate surface area is 126 Å². The fourth-order valence-corrected chi connectivity index (χ4v) is 2.65. The van der Waals surface area contributed by atoms with E-state index in [1.54, 1.807) is 5.32 Å². The van der Waals surface area contributed by atoms with Crippen molar-refractivity contribution in [1.29, 1.82) is 0 Å². The third kappa shape index (κ3) is 4.22. The third-order valence-corrected chi connectivity index (χ3v) is 3.62. The zero-order chi connectivity index (χ0) is 16.3. The fourth-order valence-electron chi connectivity index (χ4n) is 2.65. The van der Waals surface area contributed by atoms with Crippen LogP contribution in [-0.4, -0.2) is 24.5 Å². The molecule has 1 aliphatic rings. The van der Waals surface area contributed by atoms with Crippen LogP contribution in [0.3, 0.4) is 0 Å². The van der Waals surface area contributed by atoms with E-state index in [0.29, 0.717) is 0 Å². The van der Waals surface area contributed by atoms with Crippen molar-refractivity contribution in [2.45, 2.75) is 32.0 Å². The molecule has 120 valence electrons. The minimum absolute atomic E-state index is 0.180. The smallest absolute Gasteiger partial charge is 0.349 e. The van der Waals surface area contributed by atoms with Crippen molar-refractivity contribution in [3.63, 3.8) is 0 Å². The van der Waals surface area contributed by atoms with Crippen molar-refractivity contribution < 1.29 is 22.8 Å². The van der Waals surface area contributed by atoms with Crippen LogP contribution in [0.15, 0.2) is 24.3 Å². The van der Waals surface area contributed by atoms with Crippen molar-refractivity contribution in [3.8, 4) is 0 Å². The maximum Gasteiger partial charge on any atom is 0.405 e. The number of carbonyl (C=O) groups is 2. The summed E-state index contributed by atoms with van der Waals surface area (Å²) in [4.78, 5) is 23.2. The van der Waals surface area contributed by atoms with Crippen LogP contribution in [0.4, 0.5) is 13.2 Å². The van der Waals surface area contributed by atoms with E-state index in [1.165, 1.54) is 0 Å².